The molecule has 20 heavy (non-hydrogen) atoms. The van der Waals surface area contributed by atoms with Crippen LogP contribution in [0.5, 0.6) is 0 Å². The van der Waals surface area contributed by atoms with E-state index in [-0.39, 0.29) is 0 Å². The Morgan fingerprint density at radius 3 is 1.75 bits per heavy atom. The van der Waals surface area contributed by atoms with Gasteiger partial charge in [-0.1, -0.05) is 84.8 Å². The summed E-state index contributed by atoms with van der Waals surface area (Å²) >= 11 is 0. The zero-order chi connectivity index (χ0) is 14.0. The van der Waals surface area contributed by atoms with Crippen LogP contribution in [0.4, 0.5) is 0 Å². The summed E-state index contributed by atoms with van der Waals surface area (Å²) in [6.07, 6.45) is 6.23. The number of nitrogens with zero attached hydrogens (tertiary/aromatic N) is 1. The molecule has 0 atom stereocenters. The van der Waals surface area contributed by atoms with Crippen LogP contribution in [-0.2, 0) is 0 Å². The van der Waals surface area contributed by atoms with Crippen molar-refractivity contribution in [2.75, 3.05) is 0 Å². The van der Waals surface area contributed by atoms with Gasteiger partial charge in [-0.2, -0.15) is 0 Å². The molecule has 0 radical (unpaired) electrons. The molecule has 100 valence electrons. The number of benzene rings is 2. The molecule has 0 saturated heterocycles. The Balaban J connectivity index is 0.000000247. The maximum absolute atomic E-state index is 3.67. The number of H-pyrrole nitrogens is 1. The van der Waals surface area contributed by atoms with E-state index in [0.29, 0.717) is 6.71 Å². The van der Waals surface area contributed by atoms with Gasteiger partial charge in [0.05, 0.1) is 6.33 Å². The molecule has 0 fully saturated rings. The average molecular weight is 262 g/mol. The van der Waals surface area contributed by atoms with Crippen molar-refractivity contribution in [1.82, 2.24) is 9.97 Å². The molecule has 1 aromatic heterocycles. The van der Waals surface area contributed by atoms with Gasteiger partial charge in [-0.15, -0.1) is 0 Å². The Morgan fingerprint density at radius 1 is 0.900 bits per heavy atom. The second-order valence-electron chi connectivity index (χ2n) is 4.54. The second-order valence-corrected chi connectivity index (χ2v) is 4.54. The first-order valence-corrected chi connectivity index (χ1v) is 6.94. The maximum atomic E-state index is 3.67. The van der Waals surface area contributed by atoms with Gasteiger partial charge in [0.25, 0.3) is 0 Å². The van der Waals surface area contributed by atoms with Crippen molar-refractivity contribution in [2.45, 2.75) is 13.2 Å². The zero-order valence-corrected chi connectivity index (χ0v) is 11.7. The molecule has 0 saturated carbocycles. The lowest BCUT2D eigenvalue weighted by molar-refractivity contribution is 1.31. The first-order chi connectivity index (χ1) is 9.92. The molecule has 3 rings (SSSR count). The van der Waals surface area contributed by atoms with Gasteiger partial charge in [-0.3, -0.25) is 0 Å². The number of hydrogen-bond acceptors (Lipinski definition) is 1. The van der Waals surface area contributed by atoms with Gasteiger partial charge in [0.2, 0.25) is 6.71 Å². The highest BCUT2D eigenvalue weighted by atomic mass is 14.8. The van der Waals surface area contributed by atoms with Crippen molar-refractivity contribution >= 4 is 17.6 Å². The first kappa shape index (κ1) is 14.1. The normalized spacial score (nSPS) is 9.45. The zero-order valence-electron chi connectivity index (χ0n) is 11.7. The van der Waals surface area contributed by atoms with Gasteiger partial charge in [0, 0.05) is 12.4 Å². The number of aromatic nitrogens is 2. The molecular formula is C17H19BN2. The van der Waals surface area contributed by atoms with E-state index >= 15 is 0 Å². The molecule has 2 aromatic carbocycles. The molecule has 3 aromatic rings. The minimum Gasteiger partial charge on any atom is -0.351 e. The highest BCUT2D eigenvalue weighted by Crippen LogP contribution is 1.96. The largest absolute Gasteiger partial charge is 0.351 e. The predicted octanol–water partition coefficient (Wildman–Crippen LogP) is 2.73. The standard InChI is InChI=1S/C14H15B.C3H4N2/c1-2-15(13-9-5-3-6-10-13)14-11-7-4-8-12-14;1-2-5-3-4-1/h3-12H,2H2,1H3;1-3H,(H,4,5). The Kier molecular flexibility index (Phi) is 5.65. The van der Waals surface area contributed by atoms with Crippen LogP contribution in [-0.4, -0.2) is 16.7 Å². The highest BCUT2D eigenvalue weighted by molar-refractivity contribution is 6.85. The summed E-state index contributed by atoms with van der Waals surface area (Å²) in [4.78, 5) is 6.42. The number of nitrogens with one attached hydrogen (secondary N) is 1. The lowest BCUT2D eigenvalue weighted by Gasteiger charge is -2.11. The van der Waals surface area contributed by atoms with E-state index in [1.54, 1.807) is 18.7 Å². The van der Waals surface area contributed by atoms with Crippen LogP contribution in [0.2, 0.25) is 6.32 Å². The van der Waals surface area contributed by atoms with E-state index in [4.69, 9.17) is 0 Å². The fourth-order valence-corrected chi connectivity index (χ4v) is 2.25. The van der Waals surface area contributed by atoms with Crippen LogP contribution in [0.15, 0.2) is 79.4 Å². The Bertz CT molecular complexity index is 508. The SMILES string of the molecule is CCB(c1ccccc1)c1ccccc1.c1c[nH]cn1. The molecule has 0 unspecified atom stereocenters. The van der Waals surface area contributed by atoms with Crippen LogP contribution >= 0.6 is 0 Å². The summed E-state index contributed by atoms with van der Waals surface area (Å²) in [6.45, 7) is 2.78. The van der Waals surface area contributed by atoms with Crippen molar-refractivity contribution in [3.63, 3.8) is 0 Å². The van der Waals surface area contributed by atoms with Crippen molar-refractivity contribution in [3.8, 4) is 0 Å². The van der Waals surface area contributed by atoms with Crippen LogP contribution < -0.4 is 10.9 Å². The third-order valence-corrected chi connectivity index (χ3v) is 3.22. The van der Waals surface area contributed by atoms with Crippen molar-refractivity contribution < 1.29 is 0 Å². The molecule has 1 heterocycles. The Hall–Kier alpha value is -2.29. The van der Waals surface area contributed by atoms with E-state index in [1.165, 1.54) is 10.9 Å². The smallest absolute Gasteiger partial charge is 0.209 e. The summed E-state index contributed by atoms with van der Waals surface area (Å²) in [5.41, 5.74) is 2.82. The first-order valence-electron chi connectivity index (χ1n) is 6.94. The molecule has 0 aliphatic rings. The van der Waals surface area contributed by atoms with Crippen molar-refractivity contribution in [3.05, 3.63) is 79.4 Å². The Morgan fingerprint density at radius 2 is 1.45 bits per heavy atom. The molecule has 0 aliphatic heterocycles. The van der Waals surface area contributed by atoms with E-state index in [9.17, 15) is 0 Å². The van der Waals surface area contributed by atoms with E-state index < -0.39 is 0 Å². The Labute approximate surface area is 121 Å². The van der Waals surface area contributed by atoms with Gasteiger partial charge < -0.3 is 4.98 Å². The molecule has 0 amide bonds. The quantitative estimate of drug-likeness (QED) is 0.722. The maximum Gasteiger partial charge on any atom is 0.209 e. The summed E-state index contributed by atoms with van der Waals surface area (Å²) in [7, 11) is 0. The molecule has 0 spiro atoms. The van der Waals surface area contributed by atoms with Gasteiger partial charge in [-0.05, 0) is 0 Å². The minimum atomic E-state index is 0.535. The predicted molar refractivity (Wildman–Crippen MR) is 87.0 cm³/mol. The average Bonchev–Trinajstić information content (AvgIpc) is 3.10. The second kappa shape index (κ2) is 8.00. The number of aromatic amines is 1. The molecular weight excluding hydrogens is 243 g/mol. The molecule has 0 aliphatic carbocycles. The number of rotatable bonds is 3. The minimum absolute atomic E-state index is 0.535. The van der Waals surface area contributed by atoms with Crippen LogP contribution in [0.3, 0.4) is 0 Å². The fraction of sp³-hybridized carbons (Fsp3) is 0.118. The summed E-state index contributed by atoms with van der Waals surface area (Å²) in [5, 5.41) is 0. The third-order valence-electron chi connectivity index (χ3n) is 3.22. The van der Waals surface area contributed by atoms with Crippen molar-refractivity contribution in [1.29, 1.82) is 0 Å². The van der Waals surface area contributed by atoms with E-state index in [0.717, 1.165) is 6.32 Å². The summed E-state index contributed by atoms with van der Waals surface area (Å²) in [5.74, 6) is 0. The lowest BCUT2D eigenvalue weighted by atomic mass is 9.39. The van der Waals surface area contributed by atoms with Gasteiger partial charge in [0.15, 0.2) is 0 Å². The highest BCUT2D eigenvalue weighted by Gasteiger charge is 2.15. The monoisotopic (exact) mass is 262 g/mol. The molecule has 3 heteroatoms. The van der Waals surface area contributed by atoms with Crippen LogP contribution in [0.1, 0.15) is 6.92 Å². The molecule has 2 nitrogen and oxygen atoms in total. The molecule has 0 bridgehead atoms. The van der Waals surface area contributed by atoms with E-state index in [2.05, 4.69) is 77.6 Å². The van der Waals surface area contributed by atoms with Crippen LogP contribution in [0.25, 0.3) is 0 Å². The van der Waals surface area contributed by atoms with Gasteiger partial charge in [0.1, 0.15) is 0 Å². The summed E-state index contributed by atoms with van der Waals surface area (Å²) in [6, 6.07) is 21.4. The van der Waals surface area contributed by atoms with Gasteiger partial charge >= 0.3 is 0 Å². The number of imidazole rings is 1. The van der Waals surface area contributed by atoms with Crippen LogP contribution in [0, 0.1) is 0 Å². The third kappa shape index (κ3) is 4.13. The van der Waals surface area contributed by atoms with Gasteiger partial charge in [-0.25, -0.2) is 4.98 Å². The van der Waals surface area contributed by atoms with Crippen molar-refractivity contribution in [2.24, 2.45) is 0 Å². The molecule has 1 N–H and O–H groups in total. The summed E-state index contributed by atoms with van der Waals surface area (Å²) < 4.78 is 0. The topological polar surface area (TPSA) is 28.7 Å². The lowest BCUT2D eigenvalue weighted by Crippen LogP contribution is -2.41. The number of hydrogen-bond donors (Lipinski definition) is 1. The van der Waals surface area contributed by atoms with E-state index in [1.807, 2.05) is 0 Å². The fourth-order valence-electron chi connectivity index (χ4n) is 2.25.